The van der Waals surface area contributed by atoms with E-state index in [-0.39, 0.29) is 5.91 Å². The number of nitrogens with zero attached hydrogens (tertiary/aromatic N) is 3. The molecule has 23 heavy (non-hydrogen) atoms. The lowest BCUT2D eigenvalue weighted by Gasteiger charge is -2.25. The highest BCUT2D eigenvalue weighted by molar-refractivity contribution is 5.76. The summed E-state index contributed by atoms with van der Waals surface area (Å²) in [6, 6.07) is 8.12. The summed E-state index contributed by atoms with van der Waals surface area (Å²) in [6.07, 6.45) is 4.44. The molecule has 3 rings (SSSR count). The van der Waals surface area contributed by atoms with Crippen molar-refractivity contribution in [3.8, 4) is 11.4 Å². The normalized spacial score (nSPS) is 19.2. The first kappa shape index (κ1) is 15.6. The van der Waals surface area contributed by atoms with Crippen molar-refractivity contribution in [2.24, 2.45) is 0 Å². The number of para-hydroxylation sites is 2. The van der Waals surface area contributed by atoms with Crippen LogP contribution in [0.15, 0.2) is 36.7 Å². The molecule has 6 nitrogen and oxygen atoms in total. The Morgan fingerprint density at radius 1 is 1.39 bits per heavy atom. The van der Waals surface area contributed by atoms with Crippen molar-refractivity contribution in [3.05, 3.63) is 42.2 Å². The Morgan fingerprint density at radius 3 is 3.04 bits per heavy atom. The number of rotatable bonds is 4. The second-order valence-electron chi connectivity index (χ2n) is 5.84. The van der Waals surface area contributed by atoms with E-state index in [0.717, 1.165) is 30.1 Å². The molecule has 1 atom stereocenters. The van der Waals surface area contributed by atoms with Gasteiger partial charge in [-0.2, -0.15) is 5.10 Å². The van der Waals surface area contributed by atoms with Crippen molar-refractivity contribution in [2.75, 3.05) is 20.2 Å². The summed E-state index contributed by atoms with van der Waals surface area (Å²) in [7, 11) is 1.66. The second-order valence-corrected chi connectivity index (χ2v) is 5.84. The van der Waals surface area contributed by atoms with Gasteiger partial charge < -0.3 is 10.1 Å². The van der Waals surface area contributed by atoms with Gasteiger partial charge >= 0.3 is 0 Å². The smallest absolute Gasteiger partial charge is 0.221 e. The van der Waals surface area contributed by atoms with E-state index in [1.807, 2.05) is 41.3 Å². The third-order valence-electron chi connectivity index (χ3n) is 4.20. The van der Waals surface area contributed by atoms with Crippen molar-refractivity contribution in [2.45, 2.75) is 25.9 Å². The highest BCUT2D eigenvalue weighted by Crippen LogP contribution is 2.22. The molecular weight excluding hydrogens is 292 g/mol. The molecule has 1 aromatic carbocycles. The lowest BCUT2D eigenvalue weighted by molar-refractivity contribution is -0.120. The van der Waals surface area contributed by atoms with Gasteiger partial charge in [-0.1, -0.05) is 12.1 Å². The summed E-state index contributed by atoms with van der Waals surface area (Å²) < 4.78 is 7.22. The predicted octanol–water partition coefficient (Wildman–Crippen LogP) is 1.59. The monoisotopic (exact) mass is 314 g/mol. The third kappa shape index (κ3) is 3.53. The third-order valence-corrected chi connectivity index (χ3v) is 4.20. The van der Waals surface area contributed by atoms with E-state index in [9.17, 15) is 4.79 Å². The molecular formula is C17H22N4O2. The molecule has 0 aliphatic carbocycles. The second kappa shape index (κ2) is 6.83. The number of nitrogens with one attached hydrogen (secondary N) is 1. The first-order chi connectivity index (χ1) is 11.2. The number of ether oxygens (including phenoxy) is 1. The highest BCUT2D eigenvalue weighted by atomic mass is 16.5. The summed E-state index contributed by atoms with van der Waals surface area (Å²) in [5.74, 6) is 0.921. The van der Waals surface area contributed by atoms with Crippen LogP contribution in [-0.2, 0) is 11.3 Å². The van der Waals surface area contributed by atoms with Gasteiger partial charge in [0.2, 0.25) is 5.91 Å². The van der Waals surface area contributed by atoms with Crippen molar-refractivity contribution in [3.63, 3.8) is 0 Å². The molecule has 1 fully saturated rings. The number of methoxy groups -OCH3 is 1. The summed E-state index contributed by atoms with van der Waals surface area (Å²) in [5.41, 5.74) is 2.04. The van der Waals surface area contributed by atoms with Gasteiger partial charge in [-0.3, -0.25) is 9.69 Å². The Bertz CT molecular complexity index is 683. The van der Waals surface area contributed by atoms with Crippen LogP contribution in [0.1, 0.15) is 18.9 Å². The first-order valence-electron chi connectivity index (χ1n) is 7.85. The fourth-order valence-corrected chi connectivity index (χ4v) is 2.81. The van der Waals surface area contributed by atoms with Gasteiger partial charge in [-0.25, -0.2) is 4.68 Å². The van der Waals surface area contributed by atoms with Crippen LogP contribution in [0.2, 0.25) is 0 Å². The van der Waals surface area contributed by atoms with E-state index in [0.29, 0.717) is 19.0 Å². The Balaban J connectivity index is 1.75. The molecule has 0 spiro atoms. The summed E-state index contributed by atoms with van der Waals surface area (Å²) in [4.78, 5) is 13.8. The number of hydrogen-bond acceptors (Lipinski definition) is 4. The van der Waals surface area contributed by atoms with Gasteiger partial charge in [0.15, 0.2) is 0 Å². The molecule has 6 heteroatoms. The Morgan fingerprint density at radius 2 is 2.22 bits per heavy atom. The van der Waals surface area contributed by atoms with Gasteiger partial charge in [-0.05, 0) is 19.1 Å². The van der Waals surface area contributed by atoms with E-state index in [1.54, 1.807) is 7.11 Å². The zero-order valence-corrected chi connectivity index (χ0v) is 13.5. The molecule has 2 heterocycles. The highest BCUT2D eigenvalue weighted by Gasteiger charge is 2.20. The average molecular weight is 314 g/mol. The molecule has 1 saturated heterocycles. The van der Waals surface area contributed by atoms with Gasteiger partial charge in [0.05, 0.1) is 13.3 Å². The predicted molar refractivity (Wildman–Crippen MR) is 87.6 cm³/mol. The molecule has 1 N–H and O–H groups in total. The maximum Gasteiger partial charge on any atom is 0.221 e. The standard InChI is InChI=1S/C17H22N4O2/c1-13-9-18-17(22)7-8-20(13)11-14-10-19-21(12-14)15-5-3-4-6-16(15)23-2/h3-6,10,12-13H,7-9,11H2,1-2H3,(H,18,22)/t13-/m1/s1. The number of aromatic nitrogens is 2. The summed E-state index contributed by atoms with van der Waals surface area (Å²) in [5, 5.41) is 7.39. The van der Waals surface area contributed by atoms with Gasteiger partial charge in [-0.15, -0.1) is 0 Å². The number of amides is 1. The molecule has 1 aromatic heterocycles. The van der Waals surface area contributed by atoms with Crippen molar-refractivity contribution in [1.82, 2.24) is 20.0 Å². The van der Waals surface area contributed by atoms with Crippen molar-refractivity contribution in [1.29, 1.82) is 0 Å². The van der Waals surface area contributed by atoms with Crippen LogP contribution >= 0.6 is 0 Å². The van der Waals surface area contributed by atoms with E-state index in [4.69, 9.17) is 4.74 Å². The average Bonchev–Trinajstić information content (AvgIpc) is 2.98. The van der Waals surface area contributed by atoms with Gasteiger partial charge in [0.25, 0.3) is 0 Å². The maximum atomic E-state index is 11.5. The minimum atomic E-state index is 0.129. The molecule has 0 unspecified atom stereocenters. The van der Waals surface area contributed by atoms with E-state index in [2.05, 4.69) is 22.2 Å². The maximum absolute atomic E-state index is 11.5. The quantitative estimate of drug-likeness (QED) is 0.931. The first-order valence-corrected chi connectivity index (χ1v) is 7.85. The number of carbonyl (C=O) groups excluding carboxylic acids is 1. The molecule has 1 aliphatic rings. The summed E-state index contributed by atoms with van der Waals surface area (Å²) >= 11 is 0. The Kier molecular flexibility index (Phi) is 4.62. The van der Waals surface area contributed by atoms with Crippen molar-refractivity contribution < 1.29 is 9.53 Å². The molecule has 0 bridgehead atoms. The van der Waals surface area contributed by atoms with Crippen molar-refractivity contribution >= 4 is 5.91 Å². The van der Waals surface area contributed by atoms with E-state index in [1.165, 1.54) is 0 Å². The number of hydrogen-bond donors (Lipinski definition) is 1. The van der Waals surface area contributed by atoms with E-state index < -0.39 is 0 Å². The topological polar surface area (TPSA) is 59.4 Å². The van der Waals surface area contributed by atoms with Gasteiger partial charge in [0, 0.05) is 43.9 Å². The molecule has 122 valence electrons. The molecule has 1 aliphatic heterocycles. The molecule has 0 saturated carbocycles. The van der Waals surface area contributed by atoms with Crippen LogP contribution in [0.3, 0.4) is 0 Å². The van der Waals surface area contributed by atoms with Crippen LogP contribution < -0.4 is 10.1 Å². The SMILES string of the molecule is COc1ccccc1-n1cc(CN2CCC(=O)NC[C@H]2C)cn1. The lowest BCUT2D eigenvalue weighted by Crippen LogP contribution is -2.37. The van der Waals surface area contributed by atoms with Crippen LogP contribution in [-0.4, -0.2) is 46.8 Å². The minimum absolute atomic E-state index is 0.129. The molecule has 0 radical (unpaired) electrons. The summed E-state index contributed by atoms with van der Waals surface area (Å²) in [6.45, 7) is 4.38. The fourth-order valence-electron chi connectivity index (χ4n) is 2.81. The Hall–Kier alpha value is -2.34. The zero-order valence-electron chi connectivity index (χ0n) is 13.5. The molecule has 2 aromatic rings. The zero-order chi connectivity index (χ0) is 16.2. The largest absolute Gasteiger partial charge is 0.494 e. The lowest BCUT2D eigenvalue weighted by atomic mass is 10.2. The van der Waals surface area contributed by atoms with Gasteiger partial charge in [0.1, 0.15) is 11.4 Å². The number of benzene rings is 1. The Labute approximate surface area is 136 Å². The number of carbonyl (C=O) groups is 1. The van der Waals surface area contributed by atoms with Crippen LogP contribution in [0, 0.1) is 0 Å². The van der Waals surface area contributed by atoms with Crippen LogP contribution in [0.25, 0.3) is 5.69 Å². The van der Waals surface area contributed by atoms with Crippen LogP contribution in [0.5, 0.6) is 5.75 Å². The fraction of sp³-hybridized carbons (Fsp3) is 0.412. The molecule has 1 amide bonds. The minimum Gasteiger partial charge on any atom is -0.494 e. The van der Waals surface area contributed by atoms with Crippen LogP contribution in [0.4, 0.5) is 0 Å². The van der Waals surface area contributed by atoms with E-state index >= 15 is 0 Å².